The lowest BCUT2D eigenvalue weighted by molar-refractivity contribution is -0.138. The molecule has 14 amide bonds. The van der Waals surface area contributed by atoms with Crippen LogP contribution in [0.25, 0.3) is 0 Å². The van der Waals surface area contributed by atoms with Gasteiger partial charge in [-0.05, 0) is 88.4 Å². The van der Waals surface area contributed by atoms with Crippen molar-refractivity contribution in [2.75, 3.05) is 26.2 Å². The van der Waals surface area contributed by atoms with Gasteiger partial charge >= 0.3 is 5.97 Å². The molecular formula is C59H105N15O17. The first kappa shape index (κ1) is 83.0. The van der Waals surface area contributed by atoms with Gasteiger partial charge in [0.2, 0.25) is 82.7 Å². The van der Waals surface area contributed by atoms with Crippen LogP contribution < -0.4 is 80.2 Å². The Morgan fingerprint density at radius 1 is 0.297 bits per heavy atom. The first-order valence-corrected chi connectivity index (χ1v) is 30.8. The minimum atomic E-state index is -1.47. The summed E-state index contributed by atoms with van der Waals surface area (Å²) in [6.07, 6.45) is -1.11. The van der Waals surface area contributed by atoms with Crippen LogP contribution in [0.1, 0.15) is 144 Å². The highest BCUT2D eigenvalue weighted by atomic mass is 16.4. The predicted molar refractivity (Wildman–Crippen MR) is 333 cm³/mol. The van der Waals surface area contributed by atoms with Crippen molar-refractivity contribution in [3.05, 3.63) is 0 Å². The third-order valence-electron chi connectivity index (χ3n) is 13.8. The van der Waals surface area contributed by atoms with E-state index in [2.05, 4.69) is 74.4 Å². The van der Waals surface area contributed by atoms with E-state index >= 15 is 0 Å². The lowest BCUT2D eigenvalue weighted by Crippen LogP contribution is -2.62. The van der Waals surface area contributed by atoms with E-state index < -0.39 is 205 Å². The molecule has 91 heavy (non-hydrogen) atoms. The summed E-state index contributed by atoms with van der Waals surface area (Å²) in [5.74, 6) is -14.5. The molecule has 0 saturated carbocycles. The summed E-state index contributed by atoms with van der Waals surface area (Å²) in [5, 5.41) is 53.8. The summed E-state index contributed by atoms with van der Waals surface area (Å²) in [4.78, 5) is 196. The third-order valence-corrected chi connectivity index (χ3v) is 13.8. The average Bonchev–Trinajstić information content (AvgIpc) is 1.71. The first-order valence-electron chi connectivity index (χ1n) is 30.8. The molecule has 0 spiro atoms. The molecule has 0 bridgehead atoms. The van der Waals surface area contributed by atoms with Gasteiger partial charge in [0.15, 0.2) is 0 Å². The summed E-state index contributed by atoms with van der Waals surface area (Å²) in [6, 6.07) is -13.4. The van der Waals surface area contributed by atoms with Crippen molar-refractivity contribution in [2.45, 2.75) is 216 Å². The second-order valence-electron chi connectivity index (χ2n) is 25.4. The van der Waals surface area contributed by atoms with E-state index in [1.807, 2.05) is 0 Å². The number of carboxylic acids is 1. The highest BCUT2D eigenvalue weighted by molar-refractivity contribution is 5.99. The van der Waals surface area contributed by atoms with Crippen LogP contribution in [0, 0.1) is 41.4 Å². The van der Waals surface area contributed by atoms with Crippen LogP contribution in [-0.2, 0) is 71.9 Å². The Bertz CT molecular complexity index is 2520. The molecule has 32 nitrogen and oxygen atoms in total. The minimum Gasteiger partial charge on any atom is -0.480 e. The topological polar surface area (TPSA) is 491 Å². The number of aliphatic carboxylic acids is 1. The van der Waals surface area contributed by atoms with Crippen LogP contribution in [0.5, 0.6) is 0 Å². The van der Waals surface area contributed by atoms with Gasteiger partial charge in [-0.15, -0.1) is 0 Å². The second kappa shape index (κ2) is 40.7. The van der Waals surface area contributed by atoms with E-state index in [1.165, 1.54) is 27.7 Å². The molecule has 0 radical (unpaired) electrons. The number of amides is 14. The Morgan fingerprint density at radius 2 is 0.593 bits per heavy atom. The maximum Gasteiger partial charge on any atom is 0.322 e. The fraction of sp³-hybridized carbons (Fsp3) is 0.746. The van der Waals surface area contributed by atoms with Crippen molar-refractivity contribution in [2.24, 2.45) is 47.2 Å². The maximum absolute atomic E-state index is 13.8. The number of aliphatic hydroxyl groups excluding tert-OH is 1. The molecule has 518 valence electrons. The minimum absolute atomic E-state index is 0.0812. The zero-order valence-corrected chi connectivity index (χ0v) is 56.0. The van der Waals surface area contributed by atoms with Crippen molar-refractivity contribution in [1.82, 2.24) is 74.4 Å². The molecule has 12 atom stereocenters. The monoisotopic (exact) mass is 1300 g/mol. The average molecular weight is 1300 g/mol. The van der Waals surface area contributed by atoms with Gasteiger partial charge in [-0.1, -0.05) is 96.9 Å². The van der Waals surface area contributed by atoms with Crippen LogP contribution >= 0.6 is 0 Å². The van der Waals surface area contributed by atoms with Crippen molar-refractivity contribution in [3.63, 3.8) is 0 Å². The van der Waals surface area contributed by atoms with Gasteiger partial charge in [0.25, 0.3) is 0 Å². The number of hydrogen-bond acceptors (Lipinski definition) is 17. The van der Waals surface area contributed by atoms with Crippen molar-refractivity contribution < 1.29 is 82.1 Å². The lowest BCUT2D eigenvalue weighted by atomic mass is 9.99. The van der Waals surface area contributed by atoms with Crippen LogP contribution in [-0.4, -0.2) is 198 Å². The standard InChI is InChI=1S/C59H105N15O17/c1-26(2)19-37(68-51(83)35(17)67-54(86)39(21-28(5)6)70-58(90)47(32(13)14)73-59(91)48(36(18)75)74-55(87)44(60)29(7)8)52(84)62-22-40(76)65-34(16)50(82)69-38(20-27(3)4)53(85)66-33(15)49(81)61-23-41(77)71-45(30(9)10)56(88)63-24-42(78)72-46(31(11)12)57(89)64-25-43(79)80/h26-39,44-48,75H,19-25,60H2,1-18H3,(H,61,81)(H,62,84)(H,63,88)(H,64,89)(H,65,76)(H,66,85)(H,67,86)(H,68,83)(H,69,82)(H,70,90)(H,71,77)(H,72,78)(H,73,91)(H,74,87)(H,79,80)/t33-,34-,35-,36+,37-,38-,39-,44-,45-,46-,47-,48-/m0/s1. The normalized spacial score (nSPS) is 15.3. The van der Waals surface area contributed by atoms with Crippen LogP contribution in [0.2, 0.25) is 0 Å². The van der Waals surface area contributed by atoms with Gasteiger partial charge < -0.3 is 90.4 Å². The Hall–Kier alpha value is -8.03. The lowest BCUT2D eigenvalue weighted by Gasteiger charge is -2.29. The molecular weight excluding hydrogens is 1190 g/mol. The van der Waals surface area contributed by atoms with Crippen LogP contribution in [0.4, 0.5) is 0 Å². The van der Waals surface area contributed by atoms with Crippen molar-refractivity contribution >= 4 is 88.7 Å². The Labute approximate surface area is 533 Å². The van der Waals surface area contributed by atoms with E-state index in [9.17, 15) is 77.0 Å². The number of hydrogen-bond donors (Lipinski definition) is 17. The molecule has 0 aromatic rings. The van der Waals surface area contributed by atoms with Crippen molar-refractivity contribution in [1.29, 1.82) is 0 Å². The van der Waals surface area contributed by atoms with E-state index in [4.69, 9.17) is 10.8 Å². The zero-order chi connectivity index (χ0) is 70.5. The highest BCUT2D eigenvalue weighted by Crippen LogP contribution is 2.12. The molecule has 0 unspecified atom stereocenters. The molecule has 0 saturated heterocycles. The fourth-order valence-electron chi connectivity index (χ4n) is 8.50. The van der Waals surface area contributed by atoms with Gasteiger partial charge in [0.05, 0.1) is 31.8 Å². The molecule has 32 heteroatoms. The van der Waals surface area contributed by atoms with E-state index in [0.29, 0.717) is 0 Å². The summed E-state index contributed by atoms with van der Waals surface area (Å²) in [6.45, 7) is 26.5. The summed E-state index contributed by atoms with van der Waals surface area (Å²) < 4.78 is 0. The quantitative estimate of drug-likeness (QED) is 0.0277. The van der Waals surface area contributed by atoms with Crippen molar-refractivity contribution in [3.8, 4) is 0 Å². The number of carbonyl (C=O) groups is 15. The number of nitrogens with two attached hydrogens (primary N) is 1. The van der Waals surface area contributed by atoms with Gasteiger partial charge in [0.1, 0.15) is 67.0 Å². The number of rotatable bonds is 40. The smallest absolute Gasteiger partial charge is 0.322 e. The number of aliphatic hydroxyl groups is 1. The number of carboxylic acid groups (broad SMARTS) is 1. The predicted octanol–water partition coefficient (Wildman–Crippen LogP) is -4.09. The van der Waals surface area contributed by atoms with Gasteiger partial charge in [-0.3, -0.25) is 71.9 Å². The Balaban J connectivity index is 5.70. The molecule has 0 heterocycles. The number of nitrogens with one attached hydrogen (secondary N) is 14. The van der Waals surface area contributed by atoms with E-state index in [0.717, 1.165) is 0 Å². The second-order valence-corrected chi connectivity index (χ2v) is 25.4. The maximum atomic E-state index is 13.8. The summed E-state index contributed by atoms with van der Waals surface area (Å²) in [5.41, 5.74) is 5.93. The fourth-order valence-corrected chi connectivity index (χ4v) is 8.50. The first-order chi connectivity index (χ1) is 42.0. The van der Waals surface area contributed by atoms with Crippen LogP contribution in [0.3, 0.4) is 0 Å². The zero-order valence-electron chi connectivity index (χ0n) is 56.0. The third kappa shape index (κ3) is 32.0. The molecule has 0 aliphatic rings. The summed E-state index contributed by atoms with van der Waals surface area (Å²) in [7, 11) is 0. The van der Waals surface area contributed by atoms with Gasteiger partial charge in [-0.2, -0.15) is 0 Å². The van der Waals surface area contributed by atoms with E-state index in [1.54, 1.807) is 96.9 Å². The molecule has 0 aliphatic carbocycles. The SMILES string of the molecule is CC(C)C[C@H](NC(=O)[C@H](C)NC(=O)[C@H](CC(C)C)NC(=O)[C@@H](NC(=O)[C@@H](NC(=O)[C@@H](N)C(C)C)[C@@H](C)O)C(C)C)C(=O)NCC(=O)N[C@@H](C)C(=O)N[C@@H](CC(C)C)C(=O)N[C@@H](C)C(=O)NCC(=O)N[C@H](C(=O)NCC(=O)N[C@H](C(=O)NCC(=O)O)C(C)C)C(C)C. The molecule has 0 aliphatic heterocycles. The Kier molecular flexibility index (Phi) is 37.1. The van der Waals surface area contributed by atoms with Gasteiger partial charge in [-0.25, -0.2) is 0 Å². The van der Waals surface area contributed by atoms with E-state index in [-0.39, 0.29) is 42.9 Å². The largest absolute Gasteiger partial charge is 0.480 e. The molecule has 18 N–H and O–H groups in total. The Morgan fingerprint density at radius 3 is 0.956 bits per heavy atom. The molecule has 0 aromatic carbocycles. The summed E-state index contributed by atoms with van der Waals surface area (Å²) >= 11 is 0. The molecule has 0 aromatic heterocycles. The van der Waals surface area contributed by atoms with Crippen LogP contribution in [0.15, 0.2) is 0 Å². The van der Waals surface area contributed by atoms with Gasteiger partial charge in [0, 0.05) is 0 Å². The molecule has 0 fully saturated rings. The molecule has 0 rings (SSSR count). The number of carbonyl (C=O) groups excluding carboxylic acids is 14. The highest BCUT2D eigenvalue weighted by Gasteiger charge is 2.36.